The van der Waals surface area contributed by atoms with Crippen LogP contribution in [0.2, 0.25) is 0 Å². The van der Waals surface area contributed by atoms with Crippen molar-refractivity contribution in [2.75, 3.05) is 5.73 Å². The molecular weight excluding hydrogens is 340 g/mol. The average molecular weight is 348 g/mol. The Bertz CT molecular complexity index is 468. The summed E-state index contributed by atoms with van der Waals surface area (Å²) in [6, 6.07) is 7.75. The maximum atomic E-state index is 5.88. The van der Waals surface area contributed by atoms with Crippen LogP contribution in [0.5, 0.6) is 0 Å². The highest BCUT2D eigenvalue weighted by atomic mass is 79.9. The van der Waals surface area contributed by atoms with Gasteiger partial charge in [-0.3, -0.25) is 0 Å². The van der Waals surface area contributed by atoms with E-state index in [1.54, 1.807) is 11.3 Å². The molecule has 2 rings (SSSR count). The smallest absolute Gasteiger partial charge is 0.125 e. The van der Waals surface area contributed by atoms with Gasteiger partial charge in [0.2, 0.25) is 0 Å². The monoisotopic (exact) mass is 346 g/mol. The third-order valence-electron chi connectivity index (χ3n) is 1.94. The van der Waals surface area contributed by atoms with Crippen molar-refractivity contribution in [3.63, 3.8) is 0 Å². The van der Waals surface area contributed by atoms with Crippen molar-refractivity contribution in [2.45, 2.75) is 3.74 Å². The molecule has 0 spiro atoms. The zero-order chi connectivity index (χ0) is 10.8. The second-order valence-electron chi connectivity index (χ2n) is 2.97. The molecule has 0 aliphatic carbocycles. The number of nitrogens with two attached hydrogens (primary N) is 1. The van der Waals surface area contributed by atoms with Gasteiger partial charge < -0.3 is 5.73 Å². The van der Waals surface area contributed by atoms with Crippen molar-refractivity contribution in [1.82, 2.24) is 4.98 Å². The van der Waals surface area contributed by atoms with E-state index in [1.807, 2.05) is 29.6 Å². The van der Waals surface area contributed by atoms with Crippen LogP contribution in [0, 0.1) is 0 Å². The lowest BCUT2D eigenvalue weighted by Gasteiger charge is -2.00. The van der Waals surface area contributed by atoms with Crippen LogP contribution < -0.4 is 5.73 Å². The SMILES string of the molecule is Nc1ccccc1-c1nc(C(Br)Br)cs1. The highest BCUT2D eigenvalue weighted by molar-refractivity contribution is 9.24. The van der Waals surface area contributed by atoms with Crippen LogP contribution in [0.1, 0.15) is 9.43 Å². The average Bonchev–Trinajstić information content (AvgIpc) is 2.67. The van der Waals surface area contributed by atoms with Crippen LogP contribution in [0.15, 0.2) is 29.6 Å². The maximum Gasteiger partial charge on any atom is 0.125 e. The lowest BCUT2D eigenvalue weighted by Crippen LogP contribution is -1.89. The largest absolute Gasteiger partial charge is 0.398 e. The zero-order valence-corrected chi connectivity index (χ0v) is 11.6. The van der Waals surface area contributed by atoms with Crippen LogP contribution >= 0.6 is 43.2 Å². The van der Waals surface area contributed by atoms with E-state index in [-0.39, 0.29) is 3.74 Å². The molecule has 78 valence electrons. The molecule has 0 bridgehead atoms. The van der Waals surface area contributed by atoms with E-state index in [9.17, 15) is 0 Å². The van der Waals surface area contributed by atoms with Gasteiger partial charge in [-0.2, -0.15) is 0 Å². The lowest BCUT2D eigenvalue weighted by molar-refractivity contribution is 1.24. The minimum Gasteiger partial charge on any atom is -0.398 e. The van der Waals surface area contributed by atoms with Crippen LogP contribution in [0.4, 0.5) is 5.69 Å². The number of hydrogen-bond acceptors (Lipinski definition) is 3. The first-order valence-electron chi connectivity index (χ1n) is 4.27. The van der Waals surface area contributed by atoms with Gasteiger partial charge in [0.25, 0.3) is 0 Å². The van der Waals surface area contributed by atoms with Crippen LogP contribution in [-0.2, 0) is 0 Å². The van der Waals surface area contributed by atoms with Gasteiger partial charge in [0.05, 0.1) is 5.69 Å². The van der Waals surface area contributed by atoms with Crippen LogP contribution in [0.3, 0.4) is 0 Å². The first kappa shape index (κ1) is 11.1. The molecule has 0 amide bonds. The number of anilines is 1. The van der Waals surface area contributed by atoms with Gasteiger partial charge in [-0.25, -0.2) is 4.98 Å². The summed E-state index contributed by atoms with van der Waals surface area (Å²) in [6.45, 7) is 0. The summed E-state index contributed by atoms with van der Waals surface area (Å²) in [4.78, 5) is 4.49. The Morgan fingerprint density at radius 1 is 1.27 bits per heavy atom. The van der Waals surface area contributed by atoms with E-state index in [4.69, 9.17) is 5.73 Å². The fraction of sp³-hybridized carbons (Fsp3) is 0.100. The molecule has 0 saturated heterocycles. The van der Waals surface area contributed by atoms with Gasteiger partial charge >= 0.3 is 0 Å². The molecule has 15 heavy (non-hydrogen) atoms. The van der Waals surface area contributed by atoms with Crippen molar-refractivity contribution in [3.05, 3.63) is 35.3 Å². The molecule has 1 heterocycles. The van der Waals surface area contributed by atoms with E-state index < -0.39 is 0 Å². The Kier molecular flexibility index (Phi) is 3.43. The summed E-state index contributed by atoms with van der Waals surface area (Å²) in [5.74, 6) is 0. The molecule has 2 aromatic rings. The molecule has 0 radical (unpaired) electrons. The molecule has 2 nitrogen and oxygen atoms in total. The maximum absolute atomic E-state index is 5.88. The van der Waals surface area contributed by atoms with Gasteiger partial charge in [0, 0.05) is 16.6 Å². The molecular formula is C10H8Br2N2S. The zero-order valence-electron chi connectivity index (χ0n) is 7.65. The highest BCUT2D eigenvalue weighted by Crippen LogP contribution is 2.34. The number of halogens is 2. The second kappa shape index (κ2) is 4.63. The number of nitrogens with zero attached hydrogens (tertiary/aromatic N) is 1. The molecule has 0 unspecified atom stereocenters. The van der Waals surface area contributed by atoms with E-state index in [1.165, 1.54) is 0 Å². The highest BCUT2D eigenvalue weighted by Gasteiger charge is 2.10. The number of aromatic nitrogens is 1. The van der Waals surface area contributed by atoms with E-state index in [0.29, 0.717) is 0 Å². The van der Waals surface area contributed by atoms with Crippen LogP contribution in [0.25, 0.3) is 10.6 Å². The molecule has 1 aromatic heterocycles. The summed E-state index contributed by atoms with van der Waals surface area (Å²) in [6.07, 6.45) is 0. The van der Waals surface area contributed by atoms with Gasteiger partial charge in [-0.15, -0.1) is 11.3 Å². The number of benzene rings is 1. The Morgan fingerprint density at radius 2 is 2.00 bits per heavy atom. The van der Waals surface area contributed by atoms with E-state index in [2.05, 4.69) is 36.8 Å². The fourth-order valence-corrected chi connectivity index (χ4v) is 2.91. The van der Waals surface area contributed by atoms with Gasteiger partial charge in [-0.05, 0) is 12.1 Å². The number of alkyl halides is 2. The van der Waals surface area contributed by atoms with Gasteiger partial charge in [0.1, 0.15) is 8.74 Å². The van der Waals surface area contributed by atoms with Gasteiger partial charge in [0.15, 0.2) is 0 Å². The van der Waals surface area contributed by atoms with Crippen molar-refractivity contribution >= 4 is 48.9 Å². The second-order valence-corrected chi connectivity index (χ2v) is 6.88. The predicted octanol–water partition coefficient (Wildman–Crippen LogP) is 4.18. The fourth-order valence-electron chi connectivity index (χ4n) is 1.20. The number of rotatable bonds is 2. The molecule has 0 saturated carbocycles. The first-order valence-corrected chi connectivity index (χ1v) is 6.98. The molecule has 0 aliphatic rings. The topological polar surface area (TPSA) is 38.9 Å². The Morgan fingerprint density at radius 3 is 2.60 bits per heavy atom. The summed E-state index contributed by atoms with van der Waals surface area (Å²) >= 11 is 8.43. The van der Waals surface area contributed by atoms with E-state index in [0.717, 1.165) is 22.0 Å². The molecule has 1 aromatic carbocycles. The predicted molar refractivity (Wildman–Crippen MR) is 72.6 cm³/mol. The lowest BCUT2D eigenvalue weighted by atomic mass is 10.2. The van der Waals surface area contributed by atoms with Crippen LogP contribution in [-0.4, -0.2) is 4.98 Å². The Labute approximate surface area is 109 Å². The number of hydrogen-bond donors (Lipinski definition) is 1. The third kappa shape index (κ3) is 2.41. The summed E-state index contributed by atoms with van der Waals surface area (Å²) < 4.78 is 0.0972. The Hall–Kier alpha value is -0.390. The molecule has 0 aliphatic heterocycles. The summed E-state index contributed by atoms with van der Waals surface area (Å²) in [5.41, 5.74) is 8.61. The minimum atomic E-state index is 0.0972. The van der Waals surface area contributed by atoms with Crippen molar-refractivity contribution in [1.29, 1.82) is 0 Å². The quantitative estimate of drug-likeness (QED) is 0.653. The Balaban J connectivity index is 2.42. The number of para-hydroxylation sites is 1. The van der Waals surface area contributed by atoms with Crippen molar-refractivity contribution < 1.29 is 0 Å². The van der Waals surface area contributed by atoms with Crippen molar-refractivity contribution in [3.8, 4) is 10.6 Å². The number of nitrogen functional groups attached to an aromatic ring is 1. The standard InChI is InChI=1S/C10H8Br2N2S/c11-9(12)8-5-15-10(14-8)6-3-1-2-4-7(6)13/h1-5,9H,13H2. The first-order chi connectivity index (χ1) is 7.18. The van der Waals surface area contributed by atoms with Crippen molar-refractivity contribution in [2.24, 2.45) is 0 Å². The summed E-state index contributed by atoms with van der Waals surface area (Å²) in [7, 11) is 0. The molecule has 0 fully saturated rings. The third-order valence-corrected chi connectivity index (χ3v) is 3.77. The van der Waals surface area contributed by atoms with Gasteiger partial charge in [-0.1, -0.05) is 44.0 Å². The molecule has 0 atom stereocenters. The summed E-state index contributed by atoms with van der Waals surface area (Å²) in [5, 5.41) is 2.96. The normalized spacial score (nSPS) is 10.9. The molecule has 5 heteroatoms. The molecule has 2 N–H and O–H groups in total. The minimum absolute atomic E-state index is 0.0972. The van der Waals surface area contributed by atoms with E-state index >= 15 is 0 Å². The number of thiazole rings is 1.